The molecule has 0 aromatic carbocycles. The van der Waals surface area contributed by atoms with E-state index >= 15 is 0 Å². The lowest BCUT2D eigenvalue weighted by molar-refractivity contribution is -0.398. The Kier molecular flexibility index (Phi) is 8.23. The summed E-state index contributed by atoms with van der Waals surface area (Å²) in [6, 6.07) is 0. The Labute approximate surface area is 239 Å². The molecule has 0 radical (unpaired) electrons. The smallest absolute Gasteiger partial charge is 0.306 e. The van der Waals surface area contributed by atoms with E-state index in [0.29, 0.717) is 17.6 Å². The van der Waals surface area contributed by atoms with Gasteiger partial charge in [0.1, 0.15) is 17.3 Å². The van der Waals surface area contributed by atoms with Crippen LogP contribution in [0.5, 0.6) is 0 Å². The fourth-order valence-electron chi connectivity index (χ4n) is 8.15. The second-order valence-corrected chi connectivity index (χ2v) is 12.9. The number of carbonyl (C=O) groups is 1. The Hall–Kier alpha value is -1.83. The van der Waals surface area contributed by atoms with Crippen LogP contribution in [-0.4, -0.2) is 51.5 Å². The molecular formula is C34H48O6. The summed E-state index contributed by atoms with van der Waals surface area (Å²) >= 11 is 0. The highest BCUT2D eigenvalue weighted by atomic mass is 16.9. The Morgan fingerprint density at radius 1 is 1.12 bits per heavy atom. The van der Waals surface area contributed by atoms with E-state index in [9.17, 15) is 15.0 Å². The van der Waals surface area contributed by atoms with Gasteiger partial charge in [-0.05, 0) is 55.7 Å². The van der Waals surface area contributed by atoms with Crippen molar-refractivity contribution in [2.45, 2.75) is 121 Å². The van der Waals surface area contributed by atoms with Gasteiger partial charge in [-0.2, -0.15) is 0 Å². The topological polar surface area (TPSA) is 85.2 Å². The summed E-state index contributed by atoms with van der Waals surface area (Å²) in [5, 5.41) is 22.2. The summed E-state index contributed by atoms with van der Waals surface area (Å²) in [5.41, 5.74) is -1.40. The van der Waals surface area contributed by atoms with Crippen molar-refractivity contribution in [2.75, 3.05) is 6.61 Å². The number of rotatable bonds is 12. The first-order chi connectivity index (χ1) is 19.1. The summed E-state index contributed by atoms with van der Waals surface area (Å²) in [5.74, 6) is -2.76. The van der Waals surface area contributed by atoms with Gasteiger partial charge in [0.25, 0.3) is 0 Å². The van der Waals surface area contributed by atoms with Gasteiger partial charge < -0.3 is 24.4 Å². The monoisotopic (exact) mass is 552 g/mol. The molecule has 220 valence electrons. The van der Waals surface area contributed by atoms with Crippen molar-refractivity contribution in [2.24, 2.45) is 17.8 Å². The first-order valence-corrected chi connectivity index (χ1v) is 15.4. The largest absolute Gasteiger partial charge is 0.392 e. The molecule has 0 spiro atoms. The van der Waals surface area contributed by atoms with Crippen molar-refractivity contribution < 1.29 is 29.2 Å². The molecule has 2 aliphatic heterocycles. The molecule has 1 saturated carbocycles. The van der Waals surface area contributed by atoms with Gasteiger partial charge in [-0.15, -0.1) is 0 Å². The van der Waals surface area contributed by atoms with Gasteiger partial charge in [-0.3, -0.25) is 4.79 Å². The minimum atomic E-state index is -1.68. The van der Waals surface area contributed by atoms with E-state index in [0.717, 1.165) is 12.0 Å². The number of hydrogen-bond donors (Lipinski definition) is 2. The van der Waals surface area contributed by atoms with Crippen LogP contribution < -0.4 is 0 Å². The second kappa shape index (κ2) is 11.1. The standard InChI is InChI=1S/C34H48O6/c1-6-7-8-9-10-11-12-13-14-15-16-17-33-38-30-27-19-26(22-35)21-31(37)28(18-24(4)29(31)36)34(27,40-33)25(5)20-32(30,39-33)23(2)3/h14-19,25,27-28,30,35,37H,2,6-13,20-22H2,1,3-5H3/b15-14+,17-16+/t25-,27+,28-,30-,31-,32-,33-,34-/m1/s1. The molecule has 3 bridgehead atoms. The molecule has 0 unspecified atom stereocenters. The molecule has 8 atom stereocenters. The van der Waals surface area contributed by atoms with Crippen LogP contribution in [-0.2, 0) is 19.0 Å². The lowest BCUT2D eigenvalue weighted by atomic mass is 9.55. The average molecular weight is 553 g/mol. The van der Waals surface area contributed by atoms with Gasteiger partial charge in [0.2, 0.25) is 0 Å². The minimum absolute atomic E-state index is 0.0764. The number of aliphatic hydroxyl groups is 2. The third-order valence-electron chi connectivity index (χ3n) is 10.1. The quantitative estimate of drug-likeness (QED) is 0.169. The Morgan fingerprint density at radius 3 is 2.55 bits per heavy atom. The Bertz CT molecular complexity index is 1130. The van der Waals surface area contributed by atoms with Crippen molar-refractivity contribution in [3.05, 3.63) is 59.8 Å². The zero-order chi connectivity index (χ0) is 28.8. The van der Waals surface area contributed by atoms with Crippen LogP contribution in [0, 0.1) is 17.8 Å². The van der Waals surface area contributed by atoms with Gasteiger partial charge in [0.15, 0.2) is 5.78 Å². The minimum Gasteiger partial charge on any atom is -0.392 e. The molecule has 6 heteroatoms. The van der Waals surface area contributed by atoms with Crippen molar-refractivity contribution in [3.63, 3.8) is 0 Å². The number of unbranched alkanes of at least 4 members (excludes halogenated alkanes) is 7. The molecule has 6 nitrogen and oxygen atoms in total. The summed E-state index contributed by atoms with van der Waals surface area (Å²) in [6.07, 6.45) is 22.1. The van der Waals surface area contributed by atoms with Crippen molar-refractivity contribution in [1.82, 2.24) is 0 Å². The van der Waals surface area contributed by atoms with E-state index < -0.39 is 34.8 Å². The fraction of sp³-hybridized carbons (Fsp3) is 0.676. The van der Waals surface area contributed by atoms with Crippen molar-refractivity contribution in [3.8, 4) is 0 Å². The summed E-state index contributed by atoms with van der Waals surface area (Å²) < 4.78 is 20.4. The van der Waals surface area contributed by atoms with E-state index in [1.807, 2.05) is 37.3 Å². The third kappa shape index (κ3) is 4.55. The van der Waals surface area contributed by atoms with Gasteiger partial charge in [-0.25, -0.2) is 0 Å². The van der Waals surface area contributed by atoms with Crippen LogP contribution in [0.2, 0.25) is 0 Å². The van der Waals surface area contributed by atoms with Gasteiger partial charge in [-0.1, -0.05) is 89.3 Å². The molecule has 0 aromatic heterocycles. The zero-order valence-electron chi connectivity index (χ0n) is 24.8. The number of carbonyl (C=O) groups excluding carboxylic acids is 1. The second-order valence-electron chi connectivity index (χ2n) is 12.9. The Balaban J connectivity index is 1.43. The molecule has 0 amide bonds. The van der Waals surface area contributed by atoms with E-state index in [-0.39, 0.29) is 30.6 Å². The number of ketones is 1. The SMILES string of the molecule is C=C(C)[C@]12C[C@@H](C)[C@@]34O[C@](/C=C/C=C/CCCCCCCCC)(O[C@@H]1[C@@H]3C=C(CO)C[C@]1(O)C(=O)C(C)=C[C@@H]41)O2. The maximum absolute atomic E-state index is 13.4. The lowest BCUT2D eigenvalue weighted by Crippen LogP contribution is -2.70. The molecule has 2 heterocycles. The number of Topliss-reactive ketones (excluding diaryl/α,β-unsaturated/α-hetero) is 1. The maximum Gasteiger partial charge on any atom is 0.306 e. The molecule has 5 rings (SSSR count). The molecular weight excluding hydrogens is 504 g/mol. The summed E-state index contributed by atoms with van der Waals surface area (Å²) in [6.45, 7) is 12.1. The van der Waals surface area contributed by atoms with E-state index in [2.05, 4.69) is 26.5 Å². The van der Waals surface area contributed by atoms with Crippen molar-refractivity contribution >= 4 is 5.78 Å². The highest BCUT2D eigenvalue weighted by Gasteiger charge is 2.78. The Morgan fingerprint density at radius 2 is 1.85 bits per heavy atom. The maximum atomic E-state index is 13.4. The van der Waals surface area contributed by atoms with Crippen LogP contribution in [0.3, 0.4) is 0 Å². The summed E-state index contributed by atoms with van der Waals surface area (Å²) in [4.78, 5) is 13.4. The summed E-state index contributed by atoms with van der Waals surface area (Å²) in [7, 11) is 0. The number of ether oxygens (including phenoxy) is 3. The van der Waals surface area contributed by atoms with Crippen LogP contribution in [0.25, 0.3) is 0 Å². The highest BCUT2D eigenvalue weighted by Crippen LogP contribution is 2.68. The predicted molar refractivity (Wildman–Crippen MR) is 155 cm³/mol. The van der Waals surface area contributed by atoms with Crippen LogP contribution >= 0.6 is 0 Å². The first-order valence-electron chi connectivity index (χ1n) is 15.4. The van der Waals surface area contributed by atoms with E-state index in [1.165, 1.54) is 44.9 Å². The molecule has 40 heavy (non-hydrogen) atoms. The molecule has 3 fully saturated rings. The molecule has 2 saturated heterocycles. The van der Waals surface area contributed by atoms with Crippen molar-refractivity contribution in [1.29, 1.82) is 0 Å². The molecule has 0 aromatic rings. The number of aliphatic hydroxyl groups excluding tert-OH is 1. The fourth-order valence-corrected chi connectivity index (χ4v) is 8.15. The lowest BCUT2D eigenvalue weighted by Gasteiger charge is -2.58. The van der Waals surface area contributed by atoms with Crippen LogP contribution in [0.4, 0.5) is 0 Å². The van der Waals surface area contributed by atoms with Gasteiger partial charge in [0.05, 0.1) is 12.2 Å². The predicted octanol–water partition coefficient (Wildman–Crippen LogP) is 6.25. The third-order valence-corrected chi connectivity index (χ3v) is 10.1. The molecule has 5 aliphatic rings. The number of allylic oxidation sites excluding steroid dienone is 3. The van der Waals surface area contributed by atoms with Crippen LogP contribution in [0.1, 0.15) is 91.9 Å². The first kappa shape index (κ1) is 29.7. The molecule has 3 aliphatic carbocycles. The average Bonchev–Trinajstić information content (AvgIpc) is 3.23. The zero-order valence-corrected chi connectivity index (χ0v) is 24.8. The molecule has 2 N–H and O–H groups in total. The van der Waals surface area contributed by atoms with Crippen LogP contribution in [0.15, 0.2) is 59.8 Å². The highest BCUT2D eigenvalue weighted by molar-refractivity contribution is 6.04. The van der Waals surface area contributed by atoms with E-state index in [1.54, 1.807) is 6.92 Å². The normalized spacial score (nSPS) is 41.8. The van der Waals surface area contributed by atoms with E-state index in [4.69, 9.17) is 14.2 Å². The van der Waals surface area contributed by atoms with Gasteiger partial charge >= 0.3 is 5.97 Å². The van der Waals surface area contributed by atoms with Gasteiger partial charge in [0, 0.05) is 24.3 Å². The number of fused-ring (bicyclic) bond motifs is 2. The number of hydrogen-bond acceptors (Lipinski definition) is 6.